The van der Waals surface area contributed by atoms with E-state index in [-0.39, 0.29) is 31.7 Å². The van der Waals surface area contributed by atoms with E-state index in [0.29, 0.717) is 43.3 Å². The normalized spacial score (nSPS) is 20.8. The number of aromatic nitrogens is 1. The molecule has 2 amide bonds. The average molecular weight is 444 g/mol. The summed E-state index contributed by atoms with van der Waals surface area (Å²) in [6, 6.07) is 11.8. The highest BCUT2D eigenvalue weighted by Crippen LogP contribution is 2.32. The van der Waals surface area contributed by atoms with Crippen molar-refractivity contribution in [2.45, 2.75) is 50.9 Å². The third kappa shape index (κ3) is 4.52. The highest BCUT2D eigenvalue weighted by Gasteiger charge is 2.32. The minimum atomic E-state index is -1.18. The van der Waals surface area contributed by atoms with Gasteiger partial charge in [-0.15, -0.1) is 0 Å². The lowest BCUT2D eigenvalue weighted by Crippen LogP contribution is -2.40. The van der Waals surface area contributed by atoms with Gasteiger partial charge in [-0.2, -0.15) is 0 Å². The van der Waals surface area contributed by atoms with Gasteiger partial charge in [0.1, 0.15) is 11.5 Å². The molecule has 172 valence electrons. The van der Waals surface area contributed by atoms with Crippen LogP contribution in [-0.2, 0) is 6.54 Å². The van der Waals surface area contributed by atoms with E-state index in [1.54, 1.807) is 44.4 Å². The maximum absolute atomic E-state index is 14.7. The number of rotatable bonds is 5. The first-order valence-corrected chi connectivity index (χ1v) is 10.9. The number of carbonyl (C=O) groups is 2. The van der Waals surface area contributed by atoms with Gasteiger partial charge < -0.3 is 15.2 Å². The summed E-state index contributed by atoms with van der Waals surface area (Å²) in [4.78, 5) is 24.8. The van der Waals surface area contributed by atoms with Crippen LogP contribution in [0, 0.1) is 5.82 Å². The second-order valence-electron chi connectivity index (χ2n) is 8.74. The van der Waals surface area contributed by atoms with Crippen LogP contribution in [0.1, 0.15) is 61.7 Å². The van der Waals surface area contributed by atoms with Gasteiger partial charge in [-0.25, -0.2) is 8.78 Å². The summed E-state index contributed by atoms with van der Waals surface area (Å²) < 4.78 is 30.6. The van der Waals surface area contributed by atoms with Gasteiger partial charge in [-0.1, -0.05) is 18.2 Å². The number of halogens is 2. The molecule has 1 saturated carbocycles. The van der Waals surface area contributed by atoms with Crippen molar-refractivity contribution < 1.29 is 21.2 Å². The average Bonchev–Trinajstić information content (AvgIpc) is 3.15. The first-order chi connectivity index (χ1) is 15.3. The van der Waals surface area contributed by atoms with E-state index in [9.17, 15) is 18.4 Å². The Kier molecular flexibility index (Phi) is 6.00. The molecule has 0 radical (unpaired) electrons. The molecule has 0 bridgehead atoms. The molecule has 1 aromatic heterocycles. The Morgan fingerprint density at radius 3 is 2.47 bits per heavy atom. The van der Waals surface area contributed by atoms with Crippen molar-refractivity contribution in [1.82, 2.24) is 15.2 Å². The van der Waals surface area contributed by atoms with E-state index in [0.717, 1.165) is 5.56 Å². The molecular weight excluding hydrogens is 412 g/mol. The van der Waals surface area contributed by atoms with Crippen LogP contribution in [0.5, 0.6) is 0 Å². The molecule has 1 heterocycles. The smallest absolute Gasteiger partial charge is 0.253 e. The molecule has 0 unspecified atom stereocenters. The molecule has 0 saturated heterocycles. The summed E-state index contributed by atoms with van der Waals surface area (Å²) in [6.07, 6.45) is 3.60. The van der Waals surface area contributed by atoms with Crippen LogP contribution >= 0.6 is 0 Å². The minimum absolute atomic E-state index is 0. The molecule has 32 heavy (non-hydrogen) atoms. The molecule has 1 aliphatic rings. The molecule has 4 rings (SSSR count). The zero-order valence-corrected chi connectivity index (χ0v) is 18.3. The summed E-state index contributed by atoms with van der Waals surface area (Å²) in [5.41, 5.74) is 1.17. The Labute approximate surface area is 188 Å². The predicted octanol–water partition coefficient (Wildman–Crippen LogP) is 5.08. The Hall–Kier alpha value is -3.22. The number of fused-ring (bicyclic) bond motifs is 1. The first kappa shape index (κ1) is 22.0. The monoisotopic (exact) mass is 443 g/mol. The molecular formula is C25H31F2N3O2. The van der Waals surface area contributed by atoms with Crippen molar-refractivity contribution in [2.75, 3.05) is 7.05 Å². The highest BCUT2D eigenvalue weighted by molar-refractivity contribution is 6.07. The third-order valence-corrected chi connectivity index (χ3v) is 6.26. The molecule has 3 aromatic rings. The molecule has 0 atom stereocenters. The highest BCUT2D eigenvalue weighted by atomic mass is 19.1. The van der Waals surface area contributed by atoms with Crippen LogP contribution < -0.4 is 10.6 Å². The Bertz CT molecular complexity index is 1150. The van der Waals surface area contributed by atoms with E-state index in [1.165, 1.54) is 6.07 Å². The number of alkyl halides is 1. The maximum atomic E-state index is 14.7. The summed E-state index contributed by atoms with van der Waals surface area (Å²) >= 11 is 0. The van der Waals surface area contributed by atoms with Crippen LogP contribution in [-0.4, -0.2) is 35.1 Å². The minimum Gasteiger partial charge on any atom is -0.355 e. The Morgan fingerprint density at radius 2 is 1.81 bits per heavy atom. The van der Waals surface area contributed by atoms with Gasteiger partial charge in [0.25, 0.3) is 11.8 Å². The summed E-state index contributed by atoms with van der Waals surface area (Å²) in [5.74, 6) is -0.970. The van der Waals surface area contributed by atoms with Crippen LogP contribution in [0.15, 0.2) is 48.7 Å². The van der Waals surface area contributed by atoms with Gasteiger partial charge in [-0.05, 0) is 62.4 Å². The van der Waals surface area contributed by atoms with Crippen molar-refractivity contribution in [3.63, 3.8) is 0 Å². The van der Waals surface area contributed by atoms with Crippen LogP contribution in [0.4, 0.5) is 8.78 Å². The molecule has 7 heteroatoms. The topological polar surface area (TPSA) is 63.1 Å². The summed E-state index contributed by atoms with van der Waals surface area (Å²) in [5, 5.41) is 5.83. The van der Waals surface area contributed by atoms with Gasteiger partial charge in [0.05, 0.1) is 11.1 Å². The number of hydrogen-bond donors (Lipinski definition) is 2. The number of nitrogens with zero attached hydrogens (tertiary/aromatic N) is 1. The fourth-order valence-electron chi connectivity index (χ4n) is 4.34. The second kappa shape index (κ2) is 8.73. The molecule has 0 aliphatic heterocycles. The van der Waals surface area contributed by atoms with Crippen molar-refractivity contribution in [2.24, 2.45) is 0 Å². The second-order valence-corrected chi connectivity index (χ2v) is 8.74. The lowest BCUT2D eigenvalue weighted by molar-refractivity contribution is 0.0851. The van der Waals surface area contributed by atoms with Crippen molar-refractivity contribution in [3.8, 4) is 0 Å². The Balaban J connectivity index is 0.00000204. The maximum Gasteiger partial charge on any atom is 0.253 e. The lowest BCUT2D eigenvalue weighted by atomic mass is 9.85. The molecule has 0 spiro atoms. The summed E-state index contributed by atoms with van der Waals surface area (Å²) in [7, 11) is 1.58. The molecule has 2 aromatic carbocycles. The van der Waals surface area contributed by atoms with Crippen molar-refractivity contribution in [3.05, 3.63) is 71.2 Å². The van der Waals surface area contributed by atoms with Gasteiger partial charge >= 0.3 is 0 Å². The molecule has 5 nitrogen and oxygen atoms in total. The van der Waals surface area contributed by atoms with E-state index in [2.05, 4.69) is 10.6 Å². The van der Waals surface area contributed by atoms with Crippen molar-refractivity contribution >= 4 is 22.7 Å². The number of carbonyl (C=O) groups excluding carboxylic acids is 2. The van der Waals surface area contributed by atoms with E-state index in [4.69, 9.17) is 0 Å². The van der Waals surface area contributed by atoms with E-state index in [1.807, 2.05) is 16.7 Å². The number of hydrogen-bond acceptors (Lipinski definition) is 2. The summed E-state index contributed by atoms with van der Waals surface area (Å²) in [6.45, 7) is 2.01. The third-order valence-electron chi connectivity index (χ3n) is 6.26. The standard InChI is InChI=1S/C25H27F2N3O2.2H2/c1-25(27)12-10-18(11-13-25)29-24(32)19-15-30(21-5-3-4-20(26)22(19)21)14-16-6-8-17(9-7-16)23(31)28-2;;/h3-9,15,18H,10-14H2,1-2H3,(H,28,31)(H,29,32);2*1H. The molecule has 1 fully saturated rings. The Morgan fingerprint density at radius 1 is 1.12 bits per heavy atom. The SMILES string of the molecule is CNC(=O)c1ccc(Cn2cc(C(=O)NC3CCC(C)(F)CC3)c3c(F)cccc32)cc1.[HH].[HH]. The van der Waals surface area contributed by atoms with Gasteiger partial charge in [0.2, 0.25) is 0 Å². The fourth-order valence-corrected chi connectivity index (χ4v) is 4.34. The van der Waals surface area contributed by atoms with Crippen LogP contribution in [0.25, 0.3) is 10.9 Å². The zero-order chi connectivity index (χ0) is 22.9. The van der Waals surface area contributed by atoms with E-state index >= 15 is 0 Å². The largest absolute Gasteiger partial charge is 0.355 e. The van der Waals surface area contributed by atoms with Crippen LogP contribution in [0.2, 0.25) is 0 Å². The van der Waals surface area contributed by atoms with Crippen LogP contribution in [0.3, 0.4) is 0 Å². The number of amides is 2. The van der Waals surface area contributed by atoms with E-state index < -0.39 is 11.5 Å². The van der Waals surface area contributed by atoms with Gasteiger partial charge in [0.15, 0.2) is 0 Å². The zero-order valence-electron chi connectivity index (χ0n) is 18.3. The predicted molar refractivity (Wildman–Crippen MR) is 124 cm³/mol. The van der Waals surface area contributed by atoms with Crippen molar-refractivity contribution in [1.29, 1.82) is 0 Å². The molecule has 2 N–H and O–H groups in total. The fraction of sp³-hybridized carbons (Fsp3) is 0.360. The molecule has 1 aliphatic carbocycles. The lowest BCUT2D eigenvalue weighted by Gasteiger charge is -2.31. The number of benzene rings is 2. The van der Waals surface area contributed by atoms with Gasteiger partial charge in [-0.3, -0.25) is 9.59 Å². The number of nitrogens with one attached hydrogen (secondary N) is 2. The van der Waals surface area contributed by atoms with Gasteiger partial charge in [0, 0.05) is 39.6 Å². The quantitative estimate of drug-likeness (QED) is 0.578. The first-order valence-electron chi connectivity index (χ1n) is 10.9.